The van der Waals surface area contributed by atoms with E-state index in [-0.39, 0.29) is 5.91 Å². The van der Waals surface area contributed by atoms with Gasteiger partial charge in [-0.3, -0.25) is 4.79 Å². The van der Waals surface area contributed by atoms with Gasteiger partial charge in [0, 0.05) is 11.8 Å². The van der Waals surface area contributed by atoms with Crippen LogP contribution in [0.5, 0.6) is 5.75 Å². The van der Waals surface area contributed by atoms with E-state index >= 15 is 0 Å². The van der Waals surface area contributed by atoms with Crippen LogP contribution in [-0.2, 0) is 0 Å². The van der Waals surface area contributed by atoms with E-state index in [1.54, 1.807) is 13.0 Å². The highest BCUT2D eigenvalue weighted by Crippen LogP contribution is 2.26. The summed E-state index contributed by atoms with van der Waals surface area (Å²) in [6.07, 6.45) is 5.01. The quantitative estimate of drug-likeness (QED) is 0.906. The first kappa shape index (κ1) is 14.7. The topological polar surface area (TPSA) is 51.5 Å². The van der Waals surface area contributed by atoms with Crippen molar-refractivity contribution in [1.82, 2.24) is 0 Å². The molecule has 1 aromatic heterocycles. The fourth-order valence-electron chi connectivity index (χ4n) is 2.90. The highest BCUT2D eigenvalue weighted by molar-refractivity contribution is 6.05. The van der Waals surface area contributed by atoms with Gasteiger partial charge in [-0.05, 0) is 57.7 Å². The Morgan fingerprint density at radius 3 is 2.68 bits per heavy atom. The predicted molar refractivity (Wildman–Crippen MR) is 85.5 cm³/mol. The molecule has 0 unspecified atom stereocenters. The molecule has 0 atom stereocenters. The van der Waals surface area contributed by atoms with Gasteiger partial charge in [0.2, 0.25) is 0 Å². The smallest absolute Gasteiger partial charge is 0.259 e. The second-order valence-electron chi connectivity index (χ2n) is 5.83. The van der Waals surface area contributed by atoms with E-state index in [0.29, 0.717) is 17.4 Å². The van der Waals surface area contributed by atoms with Crippen molar-refractivity contribution in [2.75, 3.05) is 5.32 Å². The van der Waals surface area contributed by atoms with Crippen LogP contribution in [0.15, 0.2) is 34.7 Å². The molecule has 0 saturated heterocycles. The van der Waals surface area contributed by atoms with Crippen LogP contribution in [0.3, 0.4) is 0 Å². The Hall–Kier alpha value is -2.23. The Morgan fingerprint density at radius 1 is 1.23 bits per heavy atom. The summed E-state index contributed by atoms with van der Waals surface area (Å²) in [6.45, 7) is 3.63. The summed E-state index contributed by atoms with van der Waals surface area (Å²) in [5.74, 6) is 2.02. The molecular weight excluding hydrogens is 278 g/mol. The van der Waals surface area contributed by atoms with Crippen LogP contribution in [0.1, 0.15) is 47.6 Å². The third-order valence-corrected chi connectivity index (χ3v) is 3.98. The maximum absolute atomic E-state index is 12.3. The third kappa shape index (κ3) is 3.32. The van der Waals surface area contributed by atoms with Crippen molar-refractivity contribution in [1.29, 1.82) is 0 Å². The summed E-state index contributed by atoms with van der Waals surface area (Å²) in [6, 6.07) is 9.32. The van der Waals surface area contributed by atoms with Gasteiger partial charge in [-0.25, -0.2) is 0 Å². The third-order valence-electron chi connectivity index (χ3n) is 3.98. The molecule has 22 heavy (non-hydrogen) atoms. The summed E-state index contributed by atoms with van der Waals surface area (Å²) < 4.78 is 11.4. The maximum atomic E-state index is 12.3. The minimum absolute atomic E-state index is 0.160. The number of hydrogen-bond donors (Lipinski definition) is 1. The van der Waals surface area contributed by atoms with Crippen molar-refractivity contribution in [3.05, 3.63) is 47.4 Å². The van der Waals surface area contributed by atoms with E-state index in [9.17, 15) is 4.79 Å². The molecule has 4 nitrogen and oxygen atoms in total. The summed E-state index contributed by atoms with van der Waals surface area (Å²) in [7, 11) is 0. The second-order valence-corrected chi connectivity index (χ2v) is 5.83. The van der Waals surface area contributed by atoms with Gasteiger partial charge in [-0.1, -0.05) is 6.07 Å². The molecule has 4 heteroatoms. The molecule has 2 aromatic rings. The highest BCUT2D eigenvalue weighted by Gasteiger charge is 2.17. The average Bonchev–Trinajstić information content (AvgIpc) is 3.09. The van der Waals surface area contributed by atoms with Gasteiger partial charge in [0.1, 0.15) is 17.3 Å². The molecule has 116 valence electrons. The van der Waals surface area contributed by atoms with Gasteiger partial charge in [0.15, 0.2) is 0 Å². The Bertz CT molecular complexity index is 669. The number of benzene rings is 1. The van der Waals surface area contributed by atoms with Crippen LogP contribution in [0.2, 0.25) is 0 Å². The molecule has 1 aliphatic carbocycles. The van der Waals surface area contributed by atoms with E-state index in [1.165, 1.54) is 12.8 Å². The van der Waals surface area contributed by atoms with Gasteiger partial charge in [0.05, 0.1) is 11.7 Å². The Labute approximate surface area is 130 Å². The number of carbonyl (C=O) groups excluding carboxylic acids is 1. The van der Waals surface area contributed by atoms with Crippen molar-refractivity contribution < 1.29 is 13.9 Å². The molecule has 0 bridgehead atoms. The molecule has 0 spiro atoms. The van der Waals surface area contributed by atoms with Crippen LogP contribution in [0.4, 0.5) is 5.69 Å². The number of carbonyl (C=O) groups is 1. The monoisotopic (exact) mass is 299 g/mol. The number of hydrogen-bond acceptors (Lipinski definition) is 3. The molecule has 1 aromatic carbocycles. The minimum atomic E-state index is -0.160. The van der Waals surface area contributed by atoms with Crippen molar-refractivity contribution in [3.63, 3.8) is 0 Å². The lowest BCUT2D eigenvalue weighted by atomic mass is 10.2. The van der Waals surface area contributed by atoms with Gasteiger partial charge in [0.25, 0.3) is 5.91 Å². The number of aryl methyl sites for hydroxylation is 2. The van der Waals surface area contributed by atoms with E-state index in [4.69, 9.17) is 9.15 Å². The summed E-state index contributed by atoms with van der Waals surface area (Å²) in [4.78, 5) is 12.3. The van der Waals surface area contributed by atoms with Gasteiger partial charge < -0.3 is 14.5 Å². The second kappa shape index (κ2) is 6.26. The van der Waals surface area contributed by atoms with Gasteiger partial charge >= 0.3 is 0 Å². The number of ether oxygens (including phenoxy) is 1. The fraction of sp³-hybridized carbons (Fsp3) is 0.389. The molecule has 1 aliphatic rings. The van der Waals surface area contributed by atoms with Crippen LogP contribution in [-0.4, -0.2) is 12.0 Å². The number of rotatable bonds is 4. The molecule has 0 aliphatic heterocycles. The number of furan rings is 1. The van der Waals surface area contributed by atoms with Crippen LogP contribution in [0.25, 0.3) is 0 Å². The normalized spacial score (nSPS) is 15.0. The lowest BCUT2D eigenvalue weighted by Crippen LogP contribution is -2.13. The fourth-order valence-corrected chi connectivity index (χ4v) is 2.90. The lowest BCUT2D eigenvalue weighted by Gasteiger charge is -2.14. The first-order chi connectivity index (χ1) is 10.6. The summed E-state index contributed by atoms with van der Waals surface area (Å²) in [5, 5.41) is 2.90. The van der Waals surface area contributed by atoms with Gasteiger partial charge in [-0.15, -0.1) is 0 Å². The first-order valence-corrected chi connectivity index (χ1v) is 7.77. The minimum Gasteiger partial charge on any atom is -0.490 e. The average molecular weight is 299 g/mol. The molecule has 0 radical (unpaired) electrons. The summed E-state index contributed by atoms with van der Waals surface area (Å²) >= 11 is 0. The van der Waals surface area contributed by atoms with Gasteiger partial charge in [-0.2, -0.15) is 0 Å². The van der Waals surface area contributed by atoms with E-state index in [1.807, 2.05) is 31.2 Å². The molecular formula is C18H21NO3. The molecule has 1 saturated carbocycles. The number of anilines is 1. The Balaban J connectivity index is 1.69. The lowest BCUT2D eigenvalue weighted by molar-refractivity contribution is 0.102. The molecule has 3 rings (SSSR count). The molecule has 1 amide bonds. The van der Waals surface area contributed by atoms with E-state index < -0.39 is 0 Å². The zero-order chi connectivity index (χ0) is 15.5. The van der Waals surface area contributed by atoms with Crippen molar-refractivity contribution in [3.8, 4) is 5.75 Å². The molecule has 1 N–H and O–H groups in total. The molecule has 1 fully saturated rings. The molecule has 1 heterocycles. The maximum Gasteiger partial charge on any atom is 0.259 e. The van der Waals surface area contributed by atoms with Crippen LogP contribution < -0.4 is 10.1 Å². The number of amides is 1. The zero-order valence-corrected chi connectivity index (χ0v) is 13.0. The zero-order valence-electron chi connectivity index (χ0n) is 13.0. The largest absolute Gasteiger partial charge is 0.490 e. The summed E-state index contributed by atoms with van der Waals surface area (Å²) in [5.41, 5.74) is 1.30. The van der Waals surface area contributed by atoms with Crippen molar-refractivity contribution >= 4 is 11.6 Å². The van der Waals surface area contributed by atoms with Crippen LogP contribution in [0, 0.1) is 13.8 Å². The first-order valence-electron chi connectivity index (χ1n) is 7.77. The number of nitrogens with one attached hydrogen (secondary N) is 1. The SMILES string of the molecule is Cc1cc(C(=O)Nc2cccc(OC3CCCC3)c2)c(C)o1. The van der Waals surface area contributed by atoms with Crippen LogP contribution >= 0.6 is 0 Å². The predicted octanol–water partition coefficient (Wildman–Crippen LogP) is 4.47. The highest BCUT2D eigenvalue weighted by atomic mass is 16.5. The van der Waals surface area contributed by atoms with Crippen molar-refractivity contribution in [2.24, 2.45) is 0 Å². The standard InChI is InChI=1S/C18H21NO3/c1-12-10-17(13(2)21-12)18(20)19-14-6-5-9-16(11-14)22-15-7-3-4-8-15/h5-6,9-11,15H,3-4,7-8H2,1-2H3,(H,19,20). The van der Waals surface area contributed by atoms with Crippen molar-refractivity contribution in [2.45, 2.75) is 45.6 Å². The van der Waals surface area contributed by atoms with E-state index in [2.05, 4.69) is 5.32 Å². The Kier molecular flexibility index (Phi) is 4.18. The van der Waals surface area contributed by atoms with E-state index in [0.717, 1.165) is 30.0 Å². The Morgan fingerprint density at radius 2 is 2.00 bits per heavy atom.